The Balaban J connectivity index is 2.40. The van der Waals surface area contributed by atoms with Crippen molar-refractivity contribution in [1.82, 2.24) is 20.9 Å². The average Bonchev–Trinajstić information content (AvgIpc) is 2.57. The number of hydrogen-bond donors (Lipinski definition) is 3. The van der Waals surface area contributed by atoms with Crippen LogP contribution >= 0.6 is 0 Å². The van der Waals surface area contributed by atoms with Crippen LogP contribution in [-0.2, 0) is 11.2 Å². The molecule has 0 saturated carbocycles. The van der Waals surface area contributed by atoms with Gasteiger partial charge in [0, 0.05) is 44.5 Å². The average molecular weight is 364 g/mol. The number of pyridine rings is 1. The van der Waals surface area contributed by atoms with Crippen molar-refractivity contribution in [3.05, 3.63) is 30.1 Å². The summed E-state index contributed by atoms with van der Waals surface area (Å²) in [4.78, 5) is 20.5. The molecule has 0 saturated heterocycles. The minimum atomic E-state index is -0.503. The summed E-state index contributed by atoms with van der Waals surface area (Å²) in [5, 5.41) is 9.44. The van der Waals surface area contributed by atoms with Gasteiger partial charge >= 0.3 is 6.09 Å². The van der Waals surface area contributed by atoms with Gasteiger partial charge in [-0.05, 0) is 39.3 Å². The molecule has 146 valence electrons. The van der Waals surface area contributed by atoms with E-state index in [1.54, 1.807) is 13.2 Å². The minimum absolute atomic E-state index is 0.0239. The predicted molar refractivity (Wildman–Crippen MR) is 105 cm³/mol. The van der Waals surface area contributed by atoms with E-state index in [2.05, 4.69) is 32.9 Å². The highest BCUT2D eigenvalue weighted by atomic mass is 16.6. The molecule has 0 radical (unpaired) electrons. The Kier molecular flexibility index (Phi) is 9.47. The molecule has 26 heavy (non-hydrogen) atoms. The Bertz CT molecular complexity index is 555. The number of carbonyl (C=O) groups excluding carboxylic acids is 1. The monoisotopic (exact) mass is 363 g/mol. The van der Waals surface area contributed by atoms with Crippen molar-refractivity contribution in [3.8, 4) is 0 Å². The summed E-state index contributed by atoms with van der Waals surface area (Å²) in [6.07, 6.45) is 4.04. The van der Waals surface area contributed by atoms with Crippen molar-refractivity contribution < 1.29 is 9.53 Å². The van der Waals surface area contributed by atoms with Gasteiger partial charge < -0.3 is 20.7 Å². The van der Waals surface area contributed by atoms with Crippen molar-refractivity contribution in [1.29, 1.82) is 0 Å². The van der Waals surface area contributed by atoms with Crippen molar-refractivity contribution in [2.75, 3.05) is 20.1 Å². The van der Waals surface area contributed by atoms with Crippen LogP contribution in [0.25, 0.3) is 0 Å². The van der Waals surface area contributed by atoms with Gasteiger partial charge in [-0.25, -0.2) is 4.79 Å². The number of aromatic nitrogens is 1. The molecule has 0 aromatic carbocycles. The number of hydrogen-bond acceptors (Lipinski definition) is 4. The lowest BCUT2D eigenvalue weighted by Gasteiger charge is -2.24. The van der Waals surface area contributed by atoms with Gasteiger partial charge in [-0.15, -0.1) is 0 Å². The molecule has 1 amide bonds. The maximum atomic E-state index is 12.0. The Morgan fingerprint density at radius 1 is 1.31 bits per heavy atom. The topological polar surface area (TPSA) is 87.6 Å². The highest BCUT2D eigenvalue weighted by Gasteiger charge is 2.19. The number of nitrogens with one attached hydrogen (secondary N) is 3. The van der Waals surface area contributed by atoms with Gasteiger partial charge in [-0.2, -0.15) is 0 Å². The van der Waals surface area contributed by atoms with E-state index in [-0.39, 0.29) is 6.04 Å². The lowest BCUT2D eigenvalue weighted by molar-refractivity contribution is 0.0502. The minimum Gasteiger partial charge on any atom is -0.444 e. The quantitative estimate of drug-likeness (QED) is 0.488. The zero-order chi connectivity index (χ0) is 19.4. The fourth-order valence-corrected chi connectivity index (χ4v) is 2.34. The van der Waals surface area contributed by atoms with Gasteiger partial charge in [-0.1, -0.05) is 19.4 Å². The van der Waals surface area contributed by atoms with Gasteiger partial charge in [0.2, 0.25) is 0 Å². The lowest BCUT2D eigenvalue weighted by atomic mass is 10.1. The van der Waals surface area contributed by atoms with Gasteiger partial charge in [0.25, 0.3) is 0 Å². The van der Waals surface area contributed by atoms with E-state index in [0.717, 1.165) is 31.5 Å². The van der Waals surface area contributed by atoms with Crippen LogP contribution in [0.3, 0.4) is 0 Å². The predicted octanol–water partition coefficient (Wildman–Crippen LogP) is 2.48. The lowest BCUT2D eigenvalue weighted by Crippen LogP contribution is -2.48. The number of alkyl carbamates (subject to hydrolysis) is 1. The Morgan fingerprint density at radius 3 is 2.65 bits per heavy atom. The molecule has 1 aromatic rings. The van der Waals surface area contributed by atoms with Crippen LogP contribution in [0.5, 0.6) is 0 Å². The SMILES string of the molecule is CCCC(CNC(=NC)NCCc1ccccn1)NC(=O)OC(C)(C)C. The number of carbonyl (C=O) groups is 1. The third kappa shape index (κ3) is 9.86. The maximum absolute atomic E-state index is 12.0. The second kappa shape index (κ2) is 11.3. The number of rotatable bonds is 8. The molecule has 0 spiro atoms. The van der Waals surface area contributed by atoms with Crippen LogP contribution in [0.15, 0.2) is 29.4 Å². The smallest absolute Gasteiger partial charge is 0.407 e. The van der Waals surface area contributed by atoms with Crippen LogP contribution in [-0.4, -0.2) is 48.8 Å². The third-order valence-electron chi connectivity index (χ3n) is 3.50. The molecule has 7 heteroatoms. The molecule has 1 unspecified atom stereocenters. The number of aliphatic imine (C=N–C) groups is 1. The second-order valence-electron chi connectivity index (χ2n) is 7.08. The van der Waals surface area contributed by atoms with E-state index >= 15 is 0 Å². The van der Waals surface area contributed by atoms with Gasteiger partial charge in [0.1, 0.15) is 5.60 Å². The van der Waals surface area contributed by atoms with E-state index in [1.807, 2.05) is 39.0 Å². The summed E-state index contributed by atoms with van der Waals surface area (Å²) >= 11 is 0. The molecular weight excluding hydrogens is 330 g/mol. The summed E-state index contributed by atoms with van der Waals surface area (Å²) in [6, 6.07) is 5.86. The molecule has 1 aromatic heterocycles. The molecular formula is C19H33N5O2. The summed E-state index contributed by atoms with van der Waals surface area (Å²) in [6.45, 7) is 8.96. The van der Waals surface area contributed by atoms with E-state index in [0.29, 0.717) is 12.5 Å². The van der Waals surface area contributed by atoms with Crippen LogP contribution in [0.1, 0.15) is 46.2 Å². The standard InChI is InChI=1S/C19H33N5O2/c1-6-9-16(24-18(25)26-19(2,3)4)14-23-17(20-5)22-13-11-15-10-7-8-12-21-15/h7-8,10,12,16H,6,9,11,13-14H2,1-5H3,(H,24,25)(H2,20,22,23). The first-order valence-corrected chi connectivity index (χ1v) is 9.18. The number of amides is 1. The summed E-state index contributed by atoms with van der Waals surface area (Å²) in [5.74, 6) is 0.702. The van der Waals surface area contributed by atoms with Crippen LogP contribution in [0.2, 0.25) is 0 Å². The van der Waals surface area contributed by atoms with Crippen LogP contribution in [0, 0.1) is 0 Å². The van der Waals surface area contributed by atoms with Crippen LogP contribution < -0.4 is 16.0 Å². The van der Waals surface area contributed by atoms with E-state index in [4.69, 9.17) is 4.74 Å². The fourth-order valence-electron chi connectivity index (χ4n) is 2.34. The second-order valence-corrected chi connectivity index (χ2v) is 7.08. The zero-order valence-corrected chi connectivity index (χ0v) is 16.6. The number of nitrogens with zero attached hydrogens (tertiary/aromatic N) is 2. The molecule has 1 rings (SSSR count). The summed E-state index contributed by atoms with van der Waals surface area (Å²) in [5.41, 5.74) is 0.531. The maximum Gasteiger partial charge on any atom is 0.407 e. The molecule has 0 bridgehead atoms. The van der Waals surface area contributed by atoms with E-state index in [1.165, 1.54) is 0 Å². The van der Waals surface area contributed by atoms with Gasteiger partial charge in [-0.3, -0.25) is 9.98 Å². The van der Waals surface area contributed by atoms with E-state index in [9.17, 15) is 4.79 Å². The molecule has 0 aliphatic heterocycles. The normalized spacial score (nSPS) is 13.0. The van der Waals surface area contributed by atoms with Crippen molar-refractivity contribution in [2.24, 2.45) is 4.99 Å². The first kappa shape index (κ1) is 21.7. The molecule has 0 aliphatic rings. The molecule has 0 aliphatic carbocycles. The van der Waals surface area contributed by atoms with Gasteiger partial charge in [0.15, 0.2) is 5.96 Å². The Morgan fingerprint density at radius 2 is 2.08 bits per heavy atom. The van der Waals surface area contributed by atoms with Crippen molar-refractivity contribution in [2.45, 2.75) is 58.6 Å². The first-order chi connectivity index (χ1) is 12.3. The highest BCUT2D eigenvalue weighted by Crippen LogP contribution is 2.07. The number of guanidine groups is 1. The molecule has 1 atom stereocenters. The number of ether oxygens (including phenoxy) is 1. The van der Waals surface area contributed by atoms with Crippen molar-refractivity contribution in [3.63, 3.8) is 0 Å². The van der Waals surface area contributed by atoms with E-state index < -0.39 is 11.7 Å². The Hall–Kier alpha value is -2.31. The van der Waals surface area contributed by atoms with Crippen LogP contribution in [0.4, 0.5) is 4.79 Å². The Labute approximate surface area is 157 Å². The molecule has 0 fully saturated rings. The van der Waals surface area contributed by atoms with Gasteiger partial charge in [0.05, 0.1) is 0 Å². The first-order valence-electron chi connectivity index (χ1n) is 9.18. The molecule has 1 heterocycles. The highest BCUT2D eigenvalue weighted by molar-refractivity contribution is 5.79. The fraction of sp³-hybridized carbons (Fsp3) is 0.632. The summed E-state index contributed by atoms with van der Waals surface area (Å²) < 4.78 is 5.33. The largest absolute Gasteiger partial charge is 0.444 e. The third-order valence-corrected chi connectivity index (χ3v) is 3.50. The molecule has 7 nitrogen and oxygen atoms in total. The summed E-state index contributed by atoms with van der Waals surface area (Å²) in [7, 11) is 1.73. The zero-order valence-electron chi connectivity index (χ0n) is 16.6. The van der Waals surface area contributed by atoms with Crippen molar-refractivity contribution >= 4 is 12.1 Å². The molecule has 3 N–H and O–H groups in total.